The van der Waals surface area contributed by atoms with E-state index in [1.807, 2.05) is 71.0 Å². The second kappa shape index (κ2) is 10.8. The Labute approximate surface area is 200 Å². The van der Waals surface area contributed by atoms with Gasteiger partial charge in [-0.15, -0.1) is 0 Å². The average molecular weight is 468 g/mol. The lowest BCUT2D eigenvalue weighted by Gasteiger charge is -2.46. The van der Waals surface area contributed by atoms with Gasteiger partial charge in [0.1, 0.15) is 11.6 Å². The predicted molar refractivity (Wildman–Crippen MR) is 137 cm³/mol. The summed E-state index contributed by atoms with van der Waals surface area (Å²) in [5, 5.41) is 6.87. The number of nitrogens with zero attached hydrogens (tertiary/aromatic N) is 4. The molecule has 1 saturated heterocycles. The molecular weight excluding hydrogens is 434 g/mol. The second-order valence-electron chi connectivity index (χ2n) is 8.50. The van der Waals surface area contributed by atoms with Gasteiger partial charge < -0.3 is 21.3 Å². The second-order valence-corrected chi connectivity index (χ2v) is 9.54. The summed E-state index contributed by atoms with van der Waals surface area (Å²) in [7, 11) is 0. The molecule has 0 aliphatic carbocycles. The highest BCUT2D eigenvalue weighted by Crippen LogP contribution is 2.31. The van der Waals surface area contributed by atoms with Crippen LogP contribution in [0.2, 0.25) is 0 Å². The van der Waals surface area contributed by atoms with Gasteiger partial charge in [0, 0.05) is 59.7 Å². The topological polar surface area (TPSA) is 109 Å². The van der Waals surface area contributed by atoms with Gasteiger partial charge in [-0.1, -0.05) is 6.92 Å². The van der Waals surface area contributed by atoms with Crippen molar-refractivity contribution in [3.63, 3.8) is 0 Å². The highest BCUT2D eigenvalue weighted by atomic mass is 32.2. The molecule has 176 valence electrons. The third kappa shape index (κ3) is 7.30. The number of nitrogens with one attached hydrogen (secondary N) is 2. The van der Waals surface area contributed by atoms with E-state index in [9.17, 15) is 4.79 Å². The van der Waals surface area contributed by atoms with Crippen molar-refractivity contribution in [3.05, 3.63) is 42.1 Å². The minimum atomic E-state index is -0.200. The number of hydrogen-bond donors (Lipinski definition) is 3. The van der Waals surface area contributed by atoms with Crippen LogP contribution in [-0.4, -0.2) is 46.8 Å². The smallest absolute Gasteiger partial charge is 0.224 e. The lowest BCUT2D eigenvalue weighted by Crippen LogP contribution is -2.65. The molecule has 33 heavy (non-hydrogen) atoms. The molecule has 0 spiro atoms. The number of hydrogen-bond acceptors (Lipinski definition) is 8. The third-order valence-electron chi connectivity index (χ3n) is 4.95. The van der Waals surface area contributed by atoms with E-state index in [0.717, 1.165) is 53.3 Å². The summed E-state index contributed by atoms with van der Waals surface area (Å²) in [6, 6.07) is 9.63. The van der Waals surface area contributed by atoms with Gasteiger partial charge >= 0.3 is 0 Å². The fourth-order valence-corrected chi connectivity index (χ4v) is 4.25. The first-order valence-electron chi connectivity index (χ1n) is 11.1. The van der Waals surface area contributed by atoms with E-state index in [1.54, 1.807) is 0 Å². The van der Waals surface area contributed by atoms with Crippen LogP contribution in [0.15, 0.2) is 57.1 Å². The van der Waals surface area contributed by atoms with E-state index >= 15 is 0 Å². The Morgan fingerprint density at radius 2 is 1.91 bits per heavy atom. The fourth-order valence-electron chi connectivity index (χ4n) is 3.48. The van der Waals surface area contributed by atoms with E-state index in [4.69, 9.17) is 15.7 Å². The van der Waals surface area contributed by atoms with Crippen LogP contribution in [0.5, 0.6) is 0 Å². The Morgan fingerprint density at radius 3 is 2.52 bits per heavy atom. The summed E-state index contributed by atoms with van der Waals surface area (Å²) in [6.07, 6.45) is 2.45. The Hall–Kier alpha value is -2.91. The summed E-state index contributed by atoms with van der Waals surface area (Å²) in [4.78, 5) is 28.6. The number of carbonyl (C=O) groups excluding carboxylic acids is 1. The van der Waals surface area contributed by atoms with Crippen LogP contribution in [0.1, 0.15) is 41.0 Å². The van der Waals surface area contributed by atoms with Gasteiger partial charge in [0.05, 0.1) is 0 Å². The number of aromatic nitrogens is 2. The zero-order chi connectivity index (χ0) is 24.0. The van der Waals surface area contributed by atoms with E-state index in [-0.39, 0.29) is 11.4 Å². The zero-order valence-corrected chi connectivity index (χ0v) is 20.8. The minimum Gasteiger partial charge on any atom is -0.353 e. The third-order valence-corrected chi connectivity index (χ3v) is 5.82. The molecule has 1 aliphatic heterocycles. The van der Waals surface area contributed by atoms with E-state index in [1.165, 1.54) is 11.8 Å². The van der Waals surface area contributed by atoms with Crippen molar-refractivity contribution in [2.45, 2.75) is 56.6 Å². The molecule has 9 heteroatoms. The van der Waals surface area contributed by atoms with E-state index < -0.39 is 0 Å². The number of allylic oxidation sites excluding steroid dienone is 2. The van der Waals surface area contributed by atoms with Gasteiger partial charge in [-0.2, -0.15) is 0 Å². The Morgan fingerprint density at radius 1 is 1.21 bits per heavy atom. The Bertz CT molecular complexity index is 1040. The summed E-state index contributed by atoms with van der Waals surface area (Å²) in [5.74, 6) is 1.56. The average Bonchev–Trinajstić information content (AvgIpc) is 2.73. The van der Waals surface area contributed by atoms with Crippen molar-refractivity contribution < 1.29 is 4.79 Å². The van der Waals surface area contributed by atoms with Crippen LogP contribution in [-0.2, 0) is 4.79 Å². The lowest BCUT2D eigenvalue weighted by atomic mass is 9.94. The maximum atomic E-state index is 11.6. The van der Waals surface area contributed by atoms with Crippen molar-refractivity contribution in [1.29, 1.82) is 0 Å². The molecular formula is C24H33N7OS. The highest BCUT2D eigenvalue weighted by Gasteiger charge is 2.36. The van der Waals surface area contributed by atoms with Crippen molar-refractivity contribution in [2.75, 3.05) is 35.2 Å². The van der Waals surface area contributed by atoms with Gasteiger partial charge in [-0.25, -0.2) is 9.97 Å². The normalized spacial score (nSPS) is 15.8. The molecule has 4 N–H and O–H groups in total. The number of benzene rings is 1. The first kappa shape index (κ1) is 24.7. The van der Waals surface area contributed by atoms with Crippen molar-refractivity contribution in [1.82, 2.24) is 9.97 Å². The van der Waals surface area contributed by atoms with Crippen LogP contribution in [0.4, 0.5) is 17.3 Å². The van der Waals surface area contributed by atoms with Crippen molar-refractivity contribution in [2.24, 2.45) is 10.7 Å². The molecule has 0 atom stereocenters. The zero-order valence-electron chi connectivity index (χ0n) is 20.0. The van der Waals surface area contributed by atoms with Crippen molar-refractivity contribution in [3.8, 4) is 0 Å². The maximum absolute atomic E-state index is 11.6. The summed E-state index contributed by atoms with van der Waals surface area (Å²) in [5.41, 5.74) is 8.70. The van der Waals surface area contributed by atoms with Gasteiger partial charge in [0.2, 0.25) is 5.91 Å². The molecule has 2 heterocycles. The van der Waals surface area contributed by atoms with Gasteiger partial charge in [0.15, 0.2) is 5.16 Å². The highest BCUT2D eigenvalue weighted by molar-refractivity contribution is 7.99. The van der Waals surface area contributed by atoms with Crippen LogP contribution in [0.25, 0.3) is 0 Å². The van der Waals surface area contributed by atoms with E-state index in [2.05, 4.69) is 20.5 Å². The molecule has 0 bridgehead atoms. The number of nitrogens with two attached hydrogens (primary N) is 1. The monoisotopic (exact) mass is 467 g/mol. The number of amides is 1. The largest absolute Gasteiger partial charge is 0.353 e. The Kier molecular flexibility index (Phi) is 8.10. The quantitative estimate of drug-likeness (QED) is 0.372. The van der Waals surface area contributed by atoms with Gasteiger partial charge in [0.25, 0.3) is 0 Å². The molecule has 1 amide bonds. The Balaban J connectivity index is 1.82. The first-order chi connectivity index (χ1) is 15.7. The number of aliphatic imine (C=N–C) groups is 1. The number of anilines is 3. The molecule has 1 aliphatic rings. The van der Waals surface area contributed by atoms with Crippen LogP contribution >= 0.6 is 11.8 Å². The predicted octanol–water partition coefficient (Wildman–Crippen LogP) is 4.31. The van der Waals surface area contributed by atoms with Crippen LogP contribution in [0, 0.1) is 0 Å². The summed E-state index contributed by atoms with van der Waals surface area (Å²) in [6.45, 7) is 12.1. The van der Waals surface area contributed by atoms with Crippen molar-refractivity contribution >= 4 is 40.7 Å². The maximum Gasteiger partial charge on any atom is 0.224 e. The standard InChI is InChI=1S/C24H33N7OS/c1-6-22(32)28-18-8-10-19(11-9-18)33-23-29-20(27-17(4)12-16(3)26-7-2)13-21(30-23)31-14-24(5,25)15-31/h8-13H,6-7,14-15,25H2,1-5H3,(H,28,32)(H,27,29,30)/b17-12+,26-16-. The van der Waals surface area contributed by atoms with Gasteiger partial charge in [-0.3, -0.25) is 9.79 Å². The molecule has 0 saturated carbocycles. The first-order valence-corrected chi connectivity index (χ1v) is 12.0. The molecule has 2 aromatic rings. The number of rotatable bonds is 9. The lowest BCUT2D eigenvalue weighted by molar-refractivity contribution is -0.115. The van der Waals surface area contributed by atoms with Gasteiger partial charge in [-0.05, 0) is 69.8 Å². The minimum absolute atomic E-state index is 0.00810. The molecule has 0 radical (unpaired) electrons. The molecule has 8 nitrogen and oxygen atoms in total. The van der Waals surface area contributed by atoms with E-state index in [0.29, 0.717) is 11.6 Å². The van der Waals surface area contributed by atoms with Crippen LogP contribution < -0.4 is 21.3 Å². The SMILES string of the molecule is CC/N=C(C)\C=C(/C)Nc1cc(N2CC(C)(N)C2)nc(Sc2ccc(NC(=O)CC)cc2)n1. The molecule has 3 rings (SSSR count). The summed E-state index contributed by atoms with van der Waals surface area (Å²) < 4.78 is 0. The molecule has 1 aromatic heterocycles. The molecule has 1 fully saturated rings. The van der Waals surface area contributed by atoms with Crippen LogP contribution in [0.3, 0.4) is 0 Å². The fraction of sp³-hybridized carbons (Fsp3) is 0.417. The number of carbonyl (C=O) groups is 1. The molecule has 1 aromatic carbocycles. The molecule has 0 unspecified atom stereocenters. The summed E-state index contributed by atoms with van der Waals surface area (Å²) >= 11 is 1.47.